The molecule has 0 aliphatic heterocycles. The number of nitrogens with one attached hydrogen (secondary N) is 2. The van der Waals surface area contributed by atoms with E-state index in [4.69, 9.17) is 0 Å². The second kappa shape index (κ2) is 5.14. The topological polar surface area (TPSA) is 65.2 Å². The third-order valence-corrected chi connectivity index (χ3v) is 2.94. The zero-order valence-corrected chi connectivity index (χ0v) is 10.7. The lowest BCUT2D eigenvalue weighted by Crippen LogP contribution is -2.48. The van der Waals surface area contributed by atoms with Crippen molar-refractivity contribution in [3.8, 4) is 0 Å². The first-order chi connectivity index (χ1) is 7.83. The summed E-state index contributed by atoms with van der Waals surface area (Å²) in [7, 11) is 3.93. The molecular weight excluding hydrogens is 218 g/mol. The summed E-state index contributed by atoms with van der Waals surface area (Å²) in [4.78, 5) is 27.1. The predicted octanol–water partition coefficient (Wildman–Crippen LogP) is 0.445. The Morgan fingerprint density at radius 1 is 1.41 bits per heavy atom. The number of nitrogens with zero attached hydrogens (tertiary/aromatic N) is 1. The monoisotopic (exact) mass is 237 g/mol. The molecule has 2 N–H and O–H groups in total. The highest BCUT2D eigenvalue weighted by Crippen LogP contribution is 2.08. The van der Waals surface area contributed by atoms with Crippen LogP contribution in [0, 0.1) is 0 Å². The summed E-state index contributed by atoms with van der Waals surface area (Å²) in [6.45, 7) is 4.62. The zero-order valence-electron chi connectivity index (χ0n) is 10.7. The van der Waals surface area contributed by atoms with Crippen LogP contribution in [0.3, 0.4) is 0 Å². The molecule has 0 atom stereocenters. The van der Waals surface area contributed by atoms with Crippen molar-refractivity contribution in [3.63, 3.8) is 0 Å². The molecule has 5 heteroatoms. The van der Waals surface area contributed by atoms with E-state index >= 15 is 0 Å². The van der Waals surface area contributed by atoms with E-state index in [1.165, 1.54) is 18.3 Å². The van der Waals surface area contributed by atoms with Gasteiger partial charge in [-0.15, -0.1) is 0 Å². The minimum absolute atomic E-state index is 0.113. The maximum atomic E-state index is 11.8. The minimum Gasteiger partial charge on any atom is -0.350 e. The molecule has 0 saturated heterocycles. The van der Waals surface area contributed by atoms with Gasteiger partial charge in [-0.05, 0) is 34.0 Å². The van der Waals surface area contributed by atoms with Crippen LogP contribution < -0.4 is 10.9 Å². The molecule has 1 heterocycles. The third kappa shape index (κ3) is 3.71. The van der Waals surface area contributed by atoms with Crippen LogP contribution in [0.1, 0.15) is 24.2 Å². The van der Waals surface area contributed by atoms with Crippen LogP contribution in [0.2, 0.25) is 0 Å². The van der Waals surface area contributed by atoms with E-state index in [0.717, 1.165) is 0 Å². The summed E-state index contributed by atoms with van der Waals surface area (Å²) < 4.78 is 0. The van der Waals surface area contributed by atoms with Gasteiger partial charge in [0.1, 0.15) is 0 Å². The number of hydrogen-bond donors (Lipinski definition) is 2. The van der Waals surface area contributed by atoms with Gasteiger partial charge in [0, 0.05) is 24.3 Å². The molecule has 0 aliphatic rings. The normalized spacial score (nSPS) is 11.6. The number of carbonyl (C=O) groups is 1. The van der Waals surface area contributed by atoms with Crippen LogP contribution in [0.15, 0.2) is 23.1 Å². The molecule has 1 rings (SSSR count). The van der Waals surface area contributed by atoms with Crippen LogP contribution in [-0.4, -0.2) is 42.0 Å². The first-order valence-corrected chi connectivity index (χ1v) is 5.47. The smallest absolute Gasteiger partial charge is 0.252 e. The predicted molar refractivity (Wildman–Crippen MR) is 67.2 cm³/mol. The molecule has 1 aromatic rings. The summed E-state index contributed by atoms with van der Waals surface area (Å²) >= 11 is 0. The van der Waals surface area contributed by atoms with Crippen LogP contribution in [-0.2, 0) is 0 Å². The Labute approximate surface area is 101 Å². The van der Waals surface area contributed by atoms with Crippen molar-refractivity contribution in [1.29, 1.82) is 0 Å². The number of aromatic nitrogens is 1. The van der Waals surface area contributed by atoms with Gasteiger partial charge in [0.05, 0.1) is 5.56 Å². The summed E-state index contributed by atoms with van der Waals surface area (Å²) in [5, 5.41) is 2.84. The Morgan fingerprint density at radius 2 is 2.06 bits per heavy atom. The number of amides is 1. The Balaban J connectivity index is 2.62. The fraction of sp³-hybridized carbons (Fsp3) is 0.500. The Morgan fingerprint density at radius 3 is 2.53 bits per heavy atom. The van der Waals surface area contributed by atoms with Gasteiger partial charge in [-0.25, -0.2) is 0 Å². The third-order valence-electron chi connectivity index (χ3n) is 2.94. The van der Waals surface area contributed by atoms with Crippen LogP contribution in [0.5, 0.6) is 0 Å². The van der Waals surface area contributed by atoms with E-state index in [2.05, 4.69) is 10.3 Å². The molecule has 1 amide bonds. The van der Waals surface area contributed by atoms with E-state index in [9.17, 15) is 9.59 Å². The van der Waals surface area contributed by atoms with Crippen LogP contribution in [0.25, 0.3) is 0 Å². The number of hydrogen-bond acceptors (Lipinski definition) is 3. The molecule has 0 unspecified atom stereocenters. The fourth-order valence-corrected chi connectivity index (χ4v) is 1.11. The van der Waals surface area contributed by atoms with Gasteiger partial charge in [-0.2, -0.15) is 0 Å². The second-order valence-corrected chi connectivity index (χ2v) is 4.83. The standard InChI is InChI=1S/C12H19N3O2/c1-12(2,15(3)4)8-14-11(17)9-5-6-10(16)13-7-9/h5-7H,8H2,1-4H3,(H,13,16)(H,14,17). The summed E-state index contributed by atoms with van der Waals surface area (Å²) in [5.41, 5.74) is 0.132. The van der Waals surface area contributed by atoms with E-state index < -0.39 is 0 Å². The SMILES string of the molecule is CN(C)C(C)(C)CNC(=O)c1ccc(=O)[nH]c1. The van der Waals surface area contributed by atoms with Gasteiger partial charge in [-0.1, -0.05) is 0 Å². The summed E-state index contributed by atoms with van der Waals surface area (Å²) in [6.07, 6.45) is 1.42. The van der Waals surface area contributed by atoms with Crippen molar-refractivity contribution in [2.24, 2.45) is 0 Å². The first-order valence-electron chi connectivity index (χ1n) is 5.47. The average molecular weight is 237 g/mol. The molecule has 0 aromatic carbocycles. The van der Waals surface area contributed by atoms with Crippen molar-refractivity contribution < 1.29 is 4.79 Å². The summed E-state index contributed by atoms with van der Waals surface area (Å²) in [5.74, 6) is -0.184. The molecule has 0 fully saturated rings. The van der Waals surface area contributed by atoms with Crippen molar-refractivity contribution in [2.75, 3.05) is 20.6 Å². The van der Waals surface area contributed by atoms with Gasteiger partial charge < -0.3 is 15.2 Å². The molecule has 94 valence electrons. The molecule has 1 aromatic heterocycles. The lowest BCUT2D eigenvalue weighted by atomic mass is 10.0. The van der Waals surface area contributed by atoms with Gasteiger partial charge in [-0.3, -0.25) is 9.59 Å². The largest absolute Gasteiger partial charge is 0.350 e. The highest BCUT2D eigenvalue weighted by molar-refractivity contribution is 5.93. The molecule has 0 spiro atoms. The minimum atomic E-state index is -0.213. The first kappa shape index (κ1) is 13.4. The number of rotatable bonds is 4. The van der Waals surface area contributed by atoms with E-state index in [-0.39, 0.29) is 17.0 Å². The lowest BCUT2D eigenvalue weighted by molar-refractivity contribution is 0.0919. The van der Waals surface area contributed by atoms with Crippen molar-refractivity contribution in [3.05, 3.63) is 34.2 Å². The Kier molecular flexibility index (Phi) is 4.07. The van der Waals surface area contributed by atoms with Gasteiger partial charge in [0.15, 0.2) is 0 Å². The quantitative estimate of drug-likeness (QED) is 0.799. The molecule has 17 heavy (non-hydrogen) atoms. The van der Waals surface area contributed by atoms with Gasteiger partial charge in [0.2, 0.25) is 5.56 Å². The molecule has 0 aliphatic carbocycles. The van der Waals surface area contributed by atoms with Crippen LogP contribution >= 0.6 is 0 Å². The van der Waals surface area contributed by atoms with Crippen LogP contribution in [0.4, 0.5) is 0 Å². The van der Waals surface area contributed by atoms with Gasteiger partial charge >= 0.3 is 0 Å². The van der Waals surface area contributed by atoms with E-state index in [1.807, 2.05) is 32.8 Å². The molecular formula is C12H19N3O2. The van der Waals surface area contributed by atoms with Crippen molar-refractivity contribution in [1.82, 2.24) is 15.2 Å². The number of carbonyl (C=O) groups excluding carboxylic acids is 1. The van der Waals surface area contributed by atoms with Crippen molar-refractivity contribution in [2.45, 2.75) is 19.4 Å². The average Bonchev–Trinajstić information content (AvgIpc) is 2.27. The number of H-pyrrole nitrogens is 1. The summed E-state index contributed by atoms with van der Waals surface area (Å²) in [6, 6.07) is 2.85. The Hall–Kier alpha value is -1.62. The number of aromatic amines is 1. The maximum Gasteiger partial charge on any atom is 0.252 e. The van der Waals surface area contributed by atoms with Gasteiger partial charge in [0.25, 0.3) is 5.91 Å². The second-order valence-electron chi connectivity index (χ2n) is 4.83. The molecule has 0 bridgehead atoms. The Bertz CT molecular complexity index is 429. The molecule has 0 radical (unpaired) electrons. The number of pyridine rings is 1. The fourth-order valence-electron chi connectivity index (χ4n) is 1.11. The highest BCUT2D eigenvalue weighted by atomic mass is 16.1. The molecule has 5 nitrogen and oxygen atoms in total. The van der Waals surface area contributed by atoms with Crippen molar-refractivity contribution >= 4 is 5.91 Å². The zero-order chi connectivity index (χ0) is 13.1. The maximum absolute atomic E-state index is 11.8. The number of likely N-dealkylation sites (N-methyl/N-ethyl adjacent to an activating group) is 1. The van der Waals surface area contributed by atoms with E-state index in [0.29, 0.717) is 12.1 Å². The lowest BCUT2D eigenvalue weighted by Gasteiger charge is -2.32. The molecule has 0 saturated carbocycles. The highest BCUT2D eigenvalue weighted by Gasteiger charge is 2.21. The van der Waals surface area contributed by atoms with E-state index in [1.54, 1.807) is 0 Å².